The number of rotatable bonds is 15. The van der Waals surface area contributed by atoms with Gasteiger partial charge in [0.25, 0.3) is 0 Å². The maximum absolute atomic E-state index is 13.3. The predicted molar refractivity (Wildman–Crippen MR) is 129 cm³/mol. The molecule has 0 spiro atoms. The van der Waals surface area contributed by atoms with Crippen LogP contribution in [0.25, 0.3) is 0 Å². The number of carboxylic acids is 1. The number of primary amides is 1. The summed E-state index contributed by atoms with van der Waals surface area (Å²) >= 11 is 0. The van der Waals surface area contributed by atoms with Crippen molar-refractivity contribution in [2.75, 3.05) is 6.61 Å². The SMILES string of the molecule is NC(=O)CCC(NC(=O)C(Cc1cnc[nH]1)NC(=O)C(Cc1ccccc1)NC(=O)C(N)CO)C(=O)O. The normalized spacial score (nSPS) is 14.0. The van der Waals surface area contributed by atoms with Crippen LogP contribution in [0.2, 0.25) is 0 Å². The van der Waals surface area contributed by atoms with E-state index >= 15 is 0 Å². The number of imidazole rings is 1. The molecule has 4 amide bonds. The summed E-state index contributed by atoms with van der Waals surface area (Å²) in [6.45, 7) is -0.641. The summed E-state index contributed by atoms with van der Waals surface area (Å²) < 4.78 is 0. The molecule has 0 saturated heterocycles. The lowest BCUT2D eigenvalue weighted by atomic mass is 10.0. The Bertz CT molecular complexity index is 1060. The van der Waals surface area contributed by atoms with Gasteiger partial charge in [0.15, 0.2) is 0 Å². The lowest BCUT2D eigenvalue weighted by Crippen LogP contribution is -2.58. The fourth-order valence-electron chi connectivity index (χ4n) is 3.33. The van der Waals surface area contributed by atoms with Gasteiger partial charge in [-0.15, -0.1) is 0 Å². The molecule has 0 aliphatic heterocycles. The Balaban J connectivity index is 2.25. The third-order valence-corrected chi connectivity index (χ3v) is 5.35. The molecule has 2 aromatic rings. The molecule has 37 heavy (non-hydrogen) atoms. The Morgan fingerprint density at radius 1 is 0.919 bits per heavy atom. The highest BCUT2D eigenvalue weighted by Gasteiger charge is 2.31. The van der Waals surface area contributed by atoms with Gasteiger partial charge in [-0.05, 0) is 12.0 Å². The lowest BCUT2D eigenvalue weighted by Gasteiger charge is -2.25. The molecule has 14 nitrogen and oxygen atoms in total. The number of hydrogen-bond acceptors (Lipinski definition) is 8. The number of H-pyrrole nitrogens is 1. The number of nitrogens with one attached hydrogen (secondary N) is 4. The van der Waals surface area contributed by atoms with Crippen molar-refractivity contribution >= 4 is 29.6 Å². The van der Waals surface area contributed by atoms with Gasteiger partial charge in [0.2, 0.25) is 23.6 Å². The second-order valence-electron chi connectivity index (χ2n) is 8.29. The molecular weight excluding hydrogens is 486 g/mol. The number of aromatic amines is 1. The van der Waals surface area contributed by atoms with Gasteiger partial charge in [0.05, 0.1) is 12.9 Å². The van der Waals surface area contributed by atoms with Crippen LogP contribution in [-0.2, 0) is 36.8 Å². The van der Waals surface area contributed by atoms with Crippen molar-refractivity contribution in [3.8, 4) is 0 Å². The number of carbonyl (C=O) groups excluding carboxylic acids is 4. The van der Waals surface area contributed by atoms with Gasteiger partial charge >= 0.3 is 5.97 Å². The number of aliphatic carboxylic acids is 1. The highest BCUT2D eigenvalue weighted by atomic mass is 16.4. The molecule has 0 radical (unpaired) electrons. The quantitative estimate of drug-likeness (QED) is 0.122. The molecule has 1 aromatic carbocycles. The van der Waals surface area contributed by atoms with Gasteiger partial charge in [0.1, 0.15) is 24.2 Å². The van der Waals surface area contributed by atoms with Crippen molar-refractivity contribution in [2.24, 2.45) is 11.5 Å². The first-order valence-corrected chi connectivity index (χ1v) is 11.4. The third kappa shape index (κ3) is 9.70. The monoisotopic (exact) mass is 517 g/mol. The van der Waals surface area contributed by atoms with Crippen molar-refractivity contribution in [2.45, 2.75) is 49.9 Å². The first-order chi connectivity index (χ1) is 17.6. The molecule has 0 saturated carbocycles. The number of nitrogens with two attached hydrogens (primary N) is 2. The van der Waals surface area contributed by atoms with E-state index in [2.05, 4.69) is 25.9 Å². The molecule has 0 bridgehead atoms. The van der Waals surface area contributed by atoms with Crippen LogP contribution in [0, 0.1) is 0 Å². The van der Waals surface area contributed by atoms with E-state index in [9.17, 15) is 34.2 Å². The maximum Gasteiger partial charge on any atom is 0.326 e. The van der Waals surface area contributed by atoms with Gasteiger partial charge in [-0.25, -0.2) is 9.78 Å². The minimum absolute atomic E-state index is 0.0469. The van der Waals surface area contributed by atoms with Gasteiger partial charge in [-0.3, -0.25) is 19.2 Å². The van der Waals surface area contributed by atoms with E-state index in [4.69, 9.17) is 11.5 Å². The zero-order valence-electron chi connectivity index (χ0n) is 19.9. The third-order valence-electron chi connectivity index (χ3n) is 5.35. The molecule has 4 unspecified atom stereocenters. The van der Waals surface area contributed by atoms with Crippen molar-refractivity contribution < 1.29 is 34.2 Å². The number of carboxylic acid groups (broad SMARTS) is 1. The first-order valence-electron chi connectivity index (χ1n) is 11.4. The molecule has 4 atom stereocenters. The molecule has 1 aromatic heterocycles. The number of carbonyl (C=O) groups is 5. The molecule has 14 heteroatoms. The van der Waals surface area contributed by atoms with Gasteiger partial charge in [-0.2, -0.15) is 0 Å². The van der Waals surface area contributed by atoms with Crippen molar-refractivity contribution in [1.82, 2.24) is 25.9 Å². The van der Waals surface area contributed by atoms with E-state index in [0.29, 0.717) is 11.3 Å². The van der Waals surface area contributed by atoms with E-state index < -0.39 is 60.4 Å². The molecule has 0 aliphatic rings. The van der Waals surface area contributed by atoms with Crippen LogP contribution in [-0.4, -0.2) is 80.6 Å². The number of hydrogen-bond donors (Lipinski definition) is 8. The van der Waals surface area contributed by atoms with Crippen LogP contribution < -0.4 is 27.4 Å². The maximum atomic E-state index is 13.3. The second-order valence-corrected chi connectivity index (χ2v) is 8.29. The standard InChI is InChI=1S/C23H31N7O7/c24-15(11-31)20(33)29-17(8-13-4-2-1-3-5-13)21(34)30-18(9-14-10-26-12-27-14)22(35)28-16(23(36)37)6-7-19(25)32/h1-5,10,12,15-18,31H,6-9,11,24H2,(H2,25,32)(H,26,27)(H,28,35)(H,29,33)(H,30,34)(H,36,37). The van der Waals surface area contributed by atoms with Gasteiger partial charge in [-0.1, -0.05) is 30.3 Å². The number of aromatic nitrogens is 2. The zero-order valence-corrected chi connectivity index (χ0v) is 19.9. The number of amides is 4. The number of nitrogens with zero attached hydrogens (tertiary/aromatic N) is 1. The largest absolute Gasteiger partial charge is 0.480 e. The van der Waals surface area contributed by atoms with Crippen LogP contribution in [0.5, 0.6) is 0 Å². The van der Waals surface area contributed by atoms with E-state index in [1.807, 2.05) is 0 Å². The average molecular weight is 518 g/mol. The summed E-state index contributed by atoms with van der Waals surface area (Å²) in [7, 11) is 0. The first kappa shape index (κ1) is 28.9. The summed E-state index contributed by atoms with van der Waals surface area (Å²) in [6, 6.07) is 3.61. The number of aliphatic hydroxyl groups excluding tert-OH is 1. The summed E-state index contributed by atoms with van der Waals surface area (Å²) in [5, 5.41) is 26.0. The molecule has 0 aliphatic carbocycles. The lowest BCUT2D eigenvalue weighted by molar-refractivity contribution is -0.142. The Kier molecular flexibility index (Phi) is 11.2. The topological polar surface area (TPSA) is 243 Å². The Morgan fingerprint density at radius 3 is 2.05 bits per heavy atom. The molecule has 10 N–H and O–H groups in total. The molecule has 2 rings (SSSR count). The zero-order chi connectivity index (χ0) is 27.4. The smallest absolute Gasteiger partial charge is 0.326 e. The average Bonchev–Trinajstić information content (AvgIpc) is 3.38. The number of aliphatic hydroxyl groups is 1. The fourth-order valence-corrected chi connectivity index (χ4v) is 3.33. The Hall–Kier alpha value is -4.30. The predicted octanol–water partition coefficient (Wildman–Crippen LogP) is -2.68. The highest BCUT2D eigenvalue weighted by Crippen LogP contribution is 2.07. The minimum Gasteiger partial charge on any atom is -0.480 e. The van der Waals surface area contributed by atoms with Gasteiger partial charge < -0.3 is 42.6 Å². The number of benzene rings is 1. The summed E-state index contributed by atoms with van der Waals surface area (Å²) in [4.78, 5) is 68.0. The summed E-state index contributed by atoms with van der Waals surface area (Å²) in [5.41, 5.74) is 11.8. The van der Waals surface area contributed by atoms with E-state index in [1.165, 1.54) is 12.5 Å². The summed E-state index contributed by atoms with van der Waals surface area (Å²) in [5.74, 6) is -4.47. The second kappa shape index (κ2) is 14.3. The van der Waals surface area contributed by atoms with E-state index in [1.54, 1.807) is 30.3 Å². The molecular formula is C23H31N7O7. The van der Waals surface area contributed by atoms with Crippen LogP contribution in [0.15, 0.2) is 42.9 Å². The van der Waals surface area contributed by atoms with E-state index in [-0.39, 0.29) is 25.7 Å². The van der Waals surface area contributed by atoms with Crippen LogP contribution in [0.1, 0.15) is 24.1 Å². The van der Waals surface area contributed by atoms with Crippen LogP contribution in [0.3, 0.4) is 0 Å². The minimum atomic E-state index is -1.43. The molecule has 200 valence electrons. The van der Waals surface area contributed by atoms with E-state index in [0.717, 1.165) is 0 Å². The summed E-state index contributed by atoms with van der Waals surface area (Å²) in [6.07, 6.45) is 2.25. The van der Waals surface area contributed by atoms with Crippen molar-refractivity contribution in [3.05, 3.63) is 54.1 Å². The van der Waals surface area contributed by atoms with Gasteiger partial charge in [0, 0.05) is 31.2 Å². The Labute approximate surface area is 212 Å². The van der Waals surface area contributed by atoms with Crippen molar-refractivity contribution in [1.29, 1.82) is 0 Å². The molecule has 1 heterocycles. The highest BCUT2D eigenvalue weighted by molar-refractivity contribution is 5.94. The fraction of sp³-hybridized carbons (Fsp3) is 0.391. The molecule has 0 fully saturated rings. The van der Waals surface area contributed by atoms with Crippen LogP contribution >= 0.6 is 0 Å². The Morgan fingerprint density at radius 2 is 1.51 bits per heavy atom. The van der Waals surface area contributed by atoms with Crippen molar-refractivity contribution in [3.63, 3.8) is 0 Å². The van der Waals surface area contributed by atoms with Crippen LogP contribution in [0.4, 0.5) is 0 Å².